The summed E-state index contributed by atoms with van der Waals surface area (Å²) in [5.41, 5.74) is 2.70. The van der Waals surface area contributed by atoms with E-state index in [1.807, 2.05) is 13.0 Å². The molecule has 4 rings (SSSR count). The summed E-state index contributed by atoms with van der Waals surface area (Å²) in [6.45, 7) is 3.28. The molecular weight excluding hydrogens is 437 g/mol. The number of amides is 3. The van der Waals surface area contributed by atoms with E-state index in [1.54, 1.807) is 36.4 Å². The summed E-state index contributed by atoms with van der Waals surface area (Å²) in [5.74, 6) is -1.54. The van der Waals surface area contributed by atoms with E-state index >= 15 is 0 Å². The Labute approximate surface area is 195 Å². The molecule has 7 nitrogen and oxygen atoms in total. The van der Waals surface area contributed by atoms with Crippen LogP contribution in [-0.4, -0.2) is 24.8 Å². The van der Waals surface area contributed by atoms with Gasteiger partial charge in [0.1, 0.15) is 17.3 Å². The Morgan fingerprint density at radius 1 is 0.971 bits per heavy atom. The fourth-order valence-electron chi connectivity index (χ4n) is 3.74. The van der Waals surface area contributed by atoms with Crippen molar-refractivity contribution in [3.05, 3.63) is 89.4 Å². The minimum Gasteiger partial charge on any atom is -0.495 e. The molecule has 3 aromatic rings. The number of methoxy groups -OCH3 is 1. The van der Waals surface area contributed by atoms with E-state index in [2.05, 4.69) is 10.6 Å². The van der Waals surface area contributed by atoms with Crippen molar-refractivity contribution >= 4 is 40.4 Å². The fourth-order valence-corrected chi connectivity index (χ4v) is 3.74. The second-order valence-corrected chi connectivity index (χ2v) is 7.76. The van der Waals surface area contributed by atoms with Crippen molar-refractivity contribution in [2.45, 2.75) is 13.8 Å². The largest absolute Gasteiger partial charge is 0.495 e. The predicted molar refractivity (Wildman–Crippen MR) is 128 cm³/mol. The lowest BCUT2D eigenvalue weighted by Gasteiger charge is -2.16. The van der Waals surface area contributed by atoms with Crippen LogP contribution < -0.4 is 20.3 Å². The Balaban J connectivity index is 1.83. The first kappa shape index (κ1) is 22.7. The summed E-state index contributed by atoms with van der Waals surface area (Å²) in [7, 11) is 1.51. The van der Waals surface area contributed by atoms with Gasteiger partial charge in [-0.05, 0) is 60.5 Å². The molecule has 0 aromatic heterocycles. The summed E-state index contributed by atoms with van der Waals surface area (Å²) in [6.07, 6.45) is 0. The summed E-state index contributed by atoms with van der Waals surface area (Å²) in [6, 6.07) is 17.2. The molecule has 1 aliphatic heterocycles. The van der Waals surface area contributed by atoms with Crippen LogP contribution in [0.2, 0.25) is 0 Å². The predicted octanol–water partition coefficient (Wildman–Crippen LogP) is 4.50. The molecular formula is C26H22FN3O4. The fraction of sp³-hybridized carbons (Fsp3) is 0.115. The first-order chi connectivity index (χ1) is 16.3. The van der Waals surface area contributed by atoms with Crippen molar-refractivity contribution in [3.63, 3.8) is 0 Å². The number of carbonyl (C=O) groups is 3. The molecule has 8 heteroatoms. The molecule has 0 fully saturated rings. The third-order valence-corrected chi connectivity index (χ3v) is 5.26. The van der Waals surface area contributed by atoms with Crippen molar-refractivity contribution in [2.24, 2.45) is 0 Å². The molecule has 1 aliphatic rings. The van der Waals surface area contributed by atoms with Gasteiger partial charge in [0.25, 0.3) is 11.8 Å². The summed E-state index contributed by atoms with van der Waals surface area (Å²) in [4.78, 5) is 39.3. The molecule has 34 heavy (non-hydrogen) atoms. The van der Waals surface area contributed by atoms with Crippen molar-refractivity contribution in [1.29, 1.82) is 0 Å². The summed E-state index contributed by atoms with van der Waals surface area (Å²) >= 11 is 0. The third-order valence-electron chi connectivity index (χ3n) is 5.26. The Hall–Kier alpha value is -4.46. The van der Waals surface area contributed by atoms with Crippen molar-refractivity contribution < 1.29 is 23.5 Å². The molecule has 0 bridgehead atoms. The molecule has 3 amide bonds. The van der Waals surface area contributed by atoms with Crippen LogP contribution in [-0.2, 0) is 14.4 Å². The highest BCUT2D eigenvalue weighted by molar-refractivity contribution is 6.46. The van der Waals surface area contributed by atoms with E-state index in [1.165, 1.54) is 32.2 Å². The van der Waals surface area contributed by atoms with E-state index in [0.29, 0.717) is 22.7 Å². The Morgan fingerprint density at radius 3 is 2.35 bits per heavy atom. The quantitative estimate of drug-likeness (QED) is 0.530. The Morgan fingerprint density at radius 2 is 1.71 bits per heavy atom. The normalized spacial score (nSPS) is 13.4. The van der Waals surface area contributed by atoms with Gasteiger partial charge in [-0.1, -0.05) is 24.3 Å². The number of nitrogens with zero attached hydrogens (tertiary/aromatic N) is 1. The zero-order valence-corrected chi connectivity index (χ0v) is 18.8. The van der Waals surface area contributed by atoms with Gasteiger partial charge in [-0.15, -0.1) is 0 Å². The summed E-state index contributed by atoms with van der Waals surface area (Å²) < 4.78 is 19.3. The van der Waals surface area contributed by atoms with Crippen LogP contribution in [0.3, 0.4) is 0 Å². The SMILES string of the molecule is COc1ccc(C)cc1NC1=C(c2ccc(NC(C)=O)cc2)C(=O)N(c2cccc(F)c2)C1=O. The highest BCUT2D eigenvalue weighted by Crippen LogP contribution is 2.36. The van der Waals surface area contributed by atoms with E-state index in [4.69, 9.17) is 4.74 Å². The van der Waals surface area contributed by atoms with Gasteiger partial charge in [-0.25, -0.2) is 9.29 Å². The highest BCUT2D eigenvalue weighted by Gasteiger charge is 2.40. The molecule has 0 radical (unpaired) electrons. The number of benzene rings is 3. The Bertz CT molecular complexity index is 1330. The number of nitrogens with one attached hydrogen (secondary N) is 2. The second kappa shape index (κ2) is 9.19. The second-order valence-electron chi connectivity index (χ2n) is 7.76. The zero-order chi connectivity index (χ0) is 24.4. The molecule has 172 valence electrons. The van der Waals surface area contributed by atoms with Crippen LogP contribution in [0.15, 0.2) is 72.4 Å². The molecule has 0 unspecified atom stereocenters. The lowest BCUT2D eigenvalue weighted by atomic mass is 10.0. The highest BCUT2D eigenvalue weighted by atomic mass is 19.1. The average Bonchev–Trinajstić information content (AvgIpc) is 3.03. The van der Waals surface area contributed by atoms with Gasteiger partial charge < -0.3 is 15.4 Å². The monoisotopic (exact) mass is 459 g/mol. The van der Waals surface area contributed by atoms with Crippen LogP contribution in [0.1, 0.15) is 18.1 Å². The zero-order valence-electron chi connectivity index (χ0n) is 18.8. The third kappa shape index (κ3) is 4.38. The number of hydrogen-bond acceptors (Lipinski definition) is 5. The lowest BCUT2D eigenvalue weighted by molar-refractivity contribution is -0.120. The standard InChI is InChI=1S/C26H22FN3O4/c1-15-7-12-22(34-3)21(13-15)29-24-23(17-8-10-19(11-9-17)28-16(2)31)25(32)30(26(24)33)20-6-4-5-18(27)14-20/h4-14,29H,1-3H3,(H,28,31). The molecule has 0 saturated carbocycles. The maximum atomic E-state index is 13.9. The van der Waals surface area contributed by atoms with E-state index < -0.39 is 17.6 Å². The van der Waals surface area contributed by atoms with E-state index in [-0.39, 0.29) is 22.9 Å². The number of imide groups is 1. The molecule has 0 spiro atoms. The van der Waals surface area contributed by atoms with Crippen LogP contribution in [0, 0.1) is 12.7 Å². The molecule has 0 saturated heterocycles. The lowest BCUT2D eigenvalue weighted by Crippen LogP contribution is -2.32. The van der Waals surface area contributed by atoms with Gasteiger partial charge >= 0.3 is 0 Å². The number of rotatable bonds is 6. The maximum absolute atomic E-state index is 13.9. The maximum Gasteiger partial charge on any atom is 0.282 e. The first-order valence-corrected chi connectivity index (χ1v) is 10.5. The van der Waals surface area contributed by atoms with Crippen LogP contribution >= 0.6 is 0 Å². The minimum atomic E-state index is -0.625. The van der Waals surface area contributed by atoms with Crippen LogP contribution in [0.25, 0.3) is 5.57 Å². The number of carbonyl (C=O) groups excluding carboxylic acids is 3. The minimum absolute atomic E-state index is 0.0328. The van der Waals surface area contributed by atoms with Crippen molar-refractivity contribution in [2.75, 3.05) is 22.6 Å². The van der Waals surface area contributed by atoms with Gasteiger partial charge in [-0.3, -0.25) is 14.4 Å². The average molecular weight is 459 g/mol. The van der Waals surface area contributed by atoms with E-state index in [9.17, 15) is 18.8 Å². The smallest absolute Gasteiger partial charge is 0.282 e. The number of aryl methyl sites for hydroxylation is 1. The number of halogens is 1. The number of ether oxygens (including phenoxy) is 1. The van der Waals surface area contributed by atoms with E-state index in [0.717, 1.165) is 16.5 Å². The van der Waals surface area contributed by atoms with Gasteiger partial charge in [0.15, 0.2) is 0 Å². The Kier molecular flexibility index (Phi) is 6.14. The van der Waals surface area contributed by atoms with Gasteiger partial charge in [0.05, 0.1) is 24.1 Å². The topological polar surface area (TPSA) is 87.7 Å². The molecule has 1 heterocycles. The molecule has 0 atom stereocenters. The number of anilines is 3. The summed E-state index contributed by atoms with van der Waals surface area (Å²) in [5, 5.41) is 5.73. The molecule has 0 aliphatic carbocycles. The molecule has 3 aromatic carbocycles. The van der Waals surface area contributed by atoms with Gasteiger partial charge in [0.2, 0.25) is 5.91 Å². The van der Waals surface area contributed by atoms with Crippen LogP contribution in [0.4, 0.5) is 21.5 Å². The van der Waals surface area contributed by atoms with Crippen LogP contribution in [0.5, 0.6) is 5.75 Å². The van der Waals surface area contributed by atoms with Gasteiger partial charge in [-0.2, -0.15) is 0 Å². The van der Waals surface area contributed by atoms with Crippen molar-refractivity contribution in [3.8, 4) is 5.75 Å². The number of hydrogen-bond donors (Lipinski definition) is 2. The van der Waals surface area contributed by atoms with Gasteiger partial charge in [0, 0.05) is 12.6 Å². The first-order valence-electron chi connectivity index (χ1n) is 10.5. The molecule has 2 N–H and O–H groups in total. The van der Waals surface area contributed by atoms with Crippen molar-refractivity contribution in [1.82, 2.24) is 0 Å².